The Labute approximate surface area is 101 Å². The Morgan fingerprint density at radius 3 is 2.67 bits per heavy atom. The van der Waals surface area contributed by atoms with Crippen molar-refractivity contribution in [1.82, 2.24) is 4.57 Å². The Bertz CT molecular complexity index is 560. The molecule has 0 saturated carbocycles. The maximum Gasteiger partial charge on any atom is 0.573 e. The highest BCUT2D eigenvalue weighted by atomic mass is 19.4. The predicted octanol–water partition coefficient (Wildman–Crippen LogP) is 2.61. The minimum absolute atomic E-state index is 0.0521. The van der Waals surface area contributed by atoms with Crippen LogP contribution >= 0.6 is 0 Å². The quantitative estimate of drug-likeness (QED) is 0.919. The molecule has 98 valence electrons. The first-order chi connectivity index (χ1) is 8.40. The van der Waals surface area contributed by atoms with Gasteiger partial charge in [-0.1, -0.05) is 0 Å². The van der Waals surface area contributed by atoms with Crippen LogP contribution in [0.15, 0.2) is 24.4 Å². The zero-order valence-corrected chi connectivity index (χ0v) is 9.66. The van der Waals surface area contributed by atoms with Gasteiger partial charge in [0.2, 0.25) is 0 Å². The van der Waals surface area contributed by atoms with E-state index in [1.165, 1.54) is 12.1 Å². The van der Waals surface area contributed by atoms with Gasteiger partial charge in [-0.15, -0.1) is 13.2 Å². The highest BCUT2D eigenvalue weighted by Gasteiger charge is 2.31. The standard InChI is InChI=1S/C12H12F3NO2/c1-16-7-8(4-5-17)10-6-9(2-3-11(10)16)18-12(13,14)15/h2-3,6-7,17H,4-5H2,1H3. The van der Waals surface area contributed by atoms with Gasteiger partial charge < -0.3 is 14.4 Å². The fraction of sp³-hybridized carbons (Fsp3) is 0.333. The second-order valence-corrected chi connectivity index (χ2v) is 3.97. The Morgan fingerprint density at radius 1 is 1.33 bits per heavy atom. The summed E-state index contributed by atoms with van der Waals surface area (Å²) in [6.07, 6.45) is -2.51. The zero-order chi connectivity index (χ0) is 13.3. The van der Waals surface area contributed by atoms with Crippen molar-refractivity contribution in [3.63, 3.8) is 0 Å². The molecule has 18 heavy (non-hydrogen) atoms. The van der Waals surface area contributed by atoms with Gasteiger partial charge in [-0.3, -0.25) is 0 Å². The van der Waals surface area contributed by atoms with Gasteiger partial charge in [-0.25, -0.2) is 0 Å². The number of halogens is 3. The minimum atomic E-state index is -4.69. The third-order valence-corrected chi connectivity index (χ3v) is 2.66. The van der Waals surface area contributed by atoms with Crippen molar-refractivity contribution in [3.05, 3.63) is 30.0 Å². The maximum atomic E-state index is 12.1. The zero-order valence-electron chi connectivity index (χ0n) is 9.66. The van der Waals surface area contributed by atoms with Crippen molar-refractivity contribution in [2.24, 2.45) is 7.05 Å². The van der Waals surface area contributed by atoms with E-state index in [1.807, 2.05) is 0 Å². The van der Waals surface area contributed by atoms with Crippen LogP contribution in [0.2, 0.25) is 0 Å². The molecule has 6 heteroatoms. The van der Waals surface area contributed by atoms with E-state index in [9.17, 15) is 13.2 Å². The summed E-state index contributed by atoms with van der Waals surface area (Å²) in [4.78, 5) is 0. The van der Waals surface area contributed by atoms with Crippen LogP contribution in [0.3, 0.4) is 0 Å². The largest absolute Gasteiger partial charge is 0.573 e. The molecule has 0 radical (unpaired) electrons. The molecular weight excluding hydrogens is 247 g/mol. The van der Waals surface area contributed by atoms with Crippen LogP contribution in [0.1, 0.15) is 5.56 Å². The van der Waals surface area contributed by atoms with E-state index in [0.717, 1.165) is 11.1 Å². The molecule has 0 bridgehead atoms. The molecule has 0 unspecified atom stereocenters. The van der Waals surface area contributed by atoms with E-state index >= 15 is 0 Å². The van der Waals surface area contributed by atoms with E-state index in [4.69, 9.17) is 5.11 Å². The van der Waals surface area contributed by atoms with Gasteiger partial charge in [-0.05, 0) is 30.2 Å². The lowest BCUT2D eigenvalue weighted by Gasteiger charge is -2.09. The Kier molecular flexibility index (Phi) is 3.21. The van der Waals surface area contributed by atoms with Gasteiger partial charge in [0, 0.05) is 30.8 Å². The summed E-state index contributed by atoms with van der Waals surface area (Å²) in [6.45, 7) is -0.0521. The minimum Gasteiger partial charge on any atom is -0.406 e. The first-order valence-corrected chi connectivity index (χ1v) is 5.35. The number of benzene rings is 1. The van der Waals surface area contributed by atoms with E-state index in [-0.39, 0.29) is 12.4 Å². The van der Waals surface area contributed by atoms with Crippen LogP contribution < -0.4 is 4.74 Å². The Hall–Kier alpha value is -1.69. The number of rotatable bonds is 3. The fourth-order valence-electron chi connectivity index (χ4n) is 1.97. The molecule has 0 aliphatic heterocycles. The first kappa shape index (κ1) is 12.8. The maximum absolute atomic E-state index is 12.1. The SMILES string of the molecule is Cn1cc(CCO)c2cc(OC(F)(F)F)ccc21. The number of ether oxygens (including phenoxy) is 1. The monoisotopic (exact) mass is 259 g/mol. The lowest BCUT2D eigenvalue weighted by atomic mass is 10.1. The van der Waals surface area contributed by atoms with Crippen LogP contribution in [0.5, 0.6) is 5.75 Å². The average Bonchev–Trinajstić information content (AvgIpc) is 2.54. The van der Waals surface area contributed by atoms with Crippen molar-refractivity contribution in [2.45, 2.75) is 12.8 Å². The molecule has 0 saturated heterocycles. The van der Waals surface area contributed by atoms with Gasteiger partial charge in [0.15, 0.2) is 0 Å². The summed E-state index contributed by atoms with van der Waals surface area (Å²) >= 11 is 0. The number of hydrogen-bond acceptors (Lipinski definition) is 2. The van der Waals surface area contributed by atoms with Crippen LogP contribution in [-0.4, -0.2) is 22.6 Å². The van der Waals surface area contributed by atoms with Crippen LogP contribution in [0, 0.1) is 0 Å². The van der Waals surface area contributed by atoms with Gasteiger partial charge in [0.25, 0.3) is 0 Å². The van der Waals surface area contributed by atoms with Gasteiger partial charge in [0.05, 0.1) is 0 Å². The average molecular weight is 259 g/mol. The number of aromatic nitrogens is 1. The van der Waals surface area contributed by atoms with Gasteiger partial charge >= 0.3 is 6.36 Å². The topological polar surface area (TPSA) is 34.4 Å². The van der Waals surface area contributed by atoms with Crippen LogP contribution in [0.25, 0.3) is 10.9 Å². The van der Waals surface area contributed by atoms with E-state index < -0.39 is 6.36 Å². The number of hydrogen-bond donors (Lipinski definition) is 1. The molecule has 0 spiro atoms. The molecular formula is C12H12F3NO2. The summed E-state index contributed by atoms with van der Waals surface area (Å²) < 4.78 is 42.1. The third kappa shape index (κ3) is 2.59. The summed E-state index contributed by atoms with van der Waals surface area (Å²) in [6, 6.07) is 4.18. The summed E-state index contributed by atoms with van der Waals surface area (Å²) in [5.74, 6) is -0.250. The second kappa shape index (κ2) is 4.53. The van der Waals surface area contributed by atoms with Crippen LogP contribution in [0.4, 0.5) is 13.2 Å². The molecule has 0 amide bonds. The highest BCUT2D eigenvalue weighted by molar-refractivity contribution is 5.85. The second-order valence-electron chi connectivity index (χ2n) is 3.97. The lowest BCUT2D eigenvalue weighted by Crippen LogP contribution is -2.17. The summed E-state index contributed by atoms with van der Waals surface area (Å²) in [5.41, 5.74) is 1.59. The third-order valence-electron chi connectivity index (χ3n) is 2.66. The van der Waals surface area contributed by atoms with Crippen molar-refractivity contribution in [3.8, 4) is 5.75 Å². The van der Waals surface area contributed by atoms with Gasteiger partial charge in [0.1, 0.15) is 5.75 Å². The molecule has 0 atom stereocenters. The highest BCUT2D eigenvalue weighted by Crippen LogP contribution is 2.29. The number of aliphatic hydroxyl groups excluding tert-OH is 1. The smallest absolute Gasteiger partial charge is 0.406 e. The molecule has 2 rings (SSSR count). The number of aryl methyl sites for hydroxylation is 1. The van der Waals surface area contributed by atoms with Crippen molar-refractivity contribution >= 4 is 10.9 Å². The lowest BCUT2D eigenvalue weighted by molar-refractivity contribution is -0.274. The number of alkyl halides is 3. The number of nitrogens with zero attached hydrogens (tertiary/aromatic N) is 1. The molecule has 0 aliphatic rings. The summed E-state index contributed by atoms with van der Waals surface area (Å²) in [5, 5.41) is 9.58. The molecule has 1 aromatic carbocycles. The van der Waals surface area contributed by atoms with Crippen molar-refractivity contribution < 1.29 is 23.0 Å². The molecule has 0 fully saturated rings. The molecule has 2 aromatic rings. The first-order valence-electron chi connectivity index (χ1n) is 5.35. The fourth-order valence-corrected chi connectivity index (χ4v) is 1.97. The Balaban J connectivity index is 2.45. The predicted molar refractivity (Wildman–Crippen MR) is 60.4 cm³/mol. The van der Waals surface area contributed by atoms with E-state index in [0.29, 0.717) is 11.8 Å². The molecule has 3 nitrogen and oxygen atoms in total. The normalized spacial score (nSPS) is 12.1. The summed E-state index contributed by atoms with van der Waals surface area (Å²) in [7, 11) is 1.80. The molecule has 0 aliphatic carbocycles. The Morgan fingerprint density at radius 2 is 2.06 bits per heavy atom. The molecule has 1 heterocycles. The number of aliphatic hydroxyl groups is 1. The van der Waals surface area contributed by atoms with E-state index in [2.05, 4.69) is 4.74 Å². The van der Waals surface area contributed by atoms with Crippen molar-refractivity contribution in [2.75, 3.05) is 6.61 Å². The molecule has 1 aromatic heterocycles. The molecule has 1 N–H and O–H groups in total. The van der Waals surface area contributed by atoms with E-state index in [1.54, 1.807) is 23.9 Å². The van der Waals surface area contributed by atoms with Gasteiger partial charge in [-0.2, -0.15) is 0 Å². The van der Waals surface area contributed by atoms with Crippen LogP contribution in [-0.2, 0) is 13.5 Å². The number of fused-ring (bicyclic) bond motifs is 1. The van der Waals surface area contributed by atoms with Crippen molar-refractivity contribution in [1.29, 1.82) is 0 Å².